The quantitative estimate of drug-likeness (QED) is 0.344. The Labute approximate surface area is 192 Å². The van der Waals surface area contributed by atoms with Gasteiger partial charge in [-0.2, -0.15) is 0 Å². The van der Waals surface area contributed by atoms with E-state index in [-0.39, 0.29) is 24.1 Å². The van der Waals surface area contributed by atoms with E-state index in [1.807, 2.05) is 50.4 Å². The number of benzene rings is 2. The molecule has 7 nitrogen and oxygen atoms in total. The highest BCUT2D eigenvalue weighted by Gasteiger charge is 2.17. The Morgan fingerprint density at radius 2 is 1.79 bits per heavy atom. The summed E-state index contributed by atoms with van der Waals surface area (Å²) >= 11 is 0. The van der Waals surface area contributed by atoms with E-state index in [1.165, 1.54) is 0 Å². The van der Waals surface area contributed by atoms with Crippen LogP contribution in [0.4, 0.5) is 11.4 Å². The fourth-order valence-corrected chi connectivity index (χ4v) is 4.19. The average molecular weight is 444 g/mol. The van der Waals surface area contributed by atoms with Crippen LogP contribution in [0.2, 0.25) is 0 Å². The zero-order chi connectivity index (χ0) is 23.9. The minimum absolute atomic E-state index is 0.145. The molecule has 0 saturated heterocycles. The topological polar surface area (TPSA) is 119 Å². The molecule has 7 heteroatoms. The predicted octanol–water partition coefficient (Wildman–Crippen LogP) is 4.29. The van der Waals surface area contributed by atoms with Crippen molar-refractivity contribution >= 4 is 28.2 Å². The third kappa shape index (κ3) is 4.22. The van der Waals surface area contributed by atoms with E-state index in [0.717, 1.165) is 33.3 Å². The van der Waals surface area contributed by atoms with E-state index in [0.29, 0.717) is 22.5 Å². The molecule has 0 unspecified atom stereocenters. The van der Waals surface area contributed by atoms with E-state index in [9.17, 15) is 9.59 Å². The largest absolute Gasteiger partial charge is 0.397 e. The van der Waals surface area contributed by atoms with Crippen molar-refractivity contribution in [3.8, 4) is 11.1 Å². The number of fused-ring (bicyclic) bond motifs is 1. The Kier molecular flexibility index (Phi) is 5.72. The third-order valence-electron chi connectivity index (χ3n) is 5.98. The molecular formula is C26H29N5O2. The number of amides is 1. The SMILES string of the molecule is Cc1cc(C)c(CNC(=O)c2cc(-c3ccc(N)c(N)c3)cc3c2ccn3C(C)C)c(=O)[nH]1. The number of carbonyl (C=O) groups is 1. The number of carbonyl (C=O) groups excluding carboxylic acids is 1. The molecule has 0 aliphatic heterocycles. The van der Waals surface area contributed by atoms with Gasteiger partial charge in [0.25, 0.3) is 11.5 Å². The fraction of sp³-hybridized carbons (Fsp3) is 0.231. The summed E-state index contributed by atoms with van der Waals surface area (Å²) < 4.78 is 2.13. The summed E-state index contributed by atoms with van der Waals surface area (Å²) in [6.07, 6.45) is 1.99. The lowest BCUT2D eigenvalue weighted by Gasteiger charge is -2.14. The molecule has 0 fully saturated rings. The first-order valence-corrected chi connectivity index (χ1v) is 10.9. The van der Waals surface area contributed by atoms with Crippen LogP contribution >= 0.6 is 0 Å². The number of aromatic nitrogens is 2. The van der Waals surface area contributed by atoms with Gasteiger partial charge in [0.2, 0.25) is 0 Å². The van der Waals surface area contributed by atoms with Crippen molar-refractivity contribution < 1.29 is 4.79 Å². The molecule has 2 aromatic heterocycles. The first-order valence-electron chi connectivity index (χ1n) is 10.9. The molecule has 170 valence electrons. The molecule has 0 aliphatic carbocycles. The van der Waals surface area contributed by atoms with Crippen LogP contribution < -0.4 is 22.3 Å². The van der Waals surface area contributed by atoms with Crippen LogP contribution in [0.3, 0.4) is 0 Å². The number of anilines is 2. The lowest BCUT2D eigenvalue weighted by Crippen LogP contribution is -2.28. The van der Waals surface area contributed by atoms with Crippen molar-refractivity contribution in [2.45, 2.75) is 40.3 Å². The number of rotatable bonds is 5. The molecule has 0 saturated carbocycles. The summed E-state index contributed by atoms with van der Waals surface area (Å²) in [5.41, 5.74) is 18.2. The number of pyridine rings is 1. The van der Waals surface area contributed by atoms with Crippen LogP contribution in [-0.4, -0.2) is 15.5 Å². The van der Waals surface area contributed by atoms with Crippen LogP contribution in [0.1, 0.15) is 47.1 Å². The molecule has 0 aliphatic rings. The molecule has 4 rings (SSSR count). The highest BCUT2D eigenvalue weighted by molar-refractivity contribution is 6.08. The van der Waals surface area contributed by atoms with Crippen molar-refractivity contribution in [3.05, 3.63) is 81.4 Å². The number of hydrogen-bond donors (Lipinski definition) is 4. The van der Waals surface area contributed by atoms with Gasteiger partial charge in [-0.05, 0) is 80.8 Å². The van der Waals surface area contributed by atoms with Gasteiger partial charge in [0.15, 0.2) is 0 Å². The van der Waals surface area contributed by atoms with Crippen molar-refractivity contribution in [1.29, 1.82) is 0 Å². The molecule has 4 aromatic rings. The molecule has 0 bridgehead atoms. The first-order chi connectivity index (χ1) is 15.7. The third-order valence-corrected chi connectivity index (χ3v) is 5.98. The van der Waals surface area contributed by atoms with Crippen LogP contribution in [-0.2, 0) is 6.54 Å². The fourth-order valence-electron chi connectivity index (χ4n) is 4.19. The lowest BCUT2D eigenvalue weighted by molar-refractivity contribution is 0.0952. The molecule has 0 spiro atoms. The summed E-state index contributed by atoms with van der Waals surface area (Å²) in [5, 5.41) is 3.78. The second-order valence-electron chi connectivity index (χ2n) is 8.74. The number of nitrogens with one attached hydrogen (secondary N) is 2. The minimum atomic E-state index is -0.244. The Balaban J connectivity index is 1.78. The molecule has 2 aromatic carbocycles. The maximum Gasteiger partial charge on any atom is 0.253 e. The highest BCUT2D eigenvalue weighted by Crippen LogP contribution is 2.32. The second kappa shape index (κ2) is 8.50. The Morgan fingerprint density at radius 3 is 2.45 bits per heavy atom. The van der Waals surface area contributed by atoms with Crippen LogP contribution in [0, 0.1) is 13.8 Å². The molecule has 2 heterocycles. The molecule has 1 amide bonds. The summed E-state index contributed by atoms with van der Waals surface area (Å²) in [6.45, 7) is 8.05. The predicted molar refractivity (Wildman–Crippen MR) is 134 cm³/mol. The number of nitrogen functional groups attached to an aromatic ring is 2. The van der Waals surface area contributed by atoms with E-state index < -0.39 is 0 Å². The molecule has 6 N–H and O–H groups in total. The monoisotopic (exact) mass is 443 g/mol. The first kappa shape index (κ1) is 22.2. The summed E-state index contributed by atoms with van der Waals surface area (Å²) in [6, 6.07) is 13.5. The number of nitrogens with zero attached hydrogens (tertiary/aromatic N) is 1. The average Bonchev–Trinajstić information content (AvgIpc) is 3.18. The number of H-pyrrole nitrogens is 1. The maximum atomic E-state index is 13.3. The number of aromatic amines is 1. The minimum Gasteiger partial charge on any atom is -0.397 e. The summed E-state index contributed by atoms with van der Waals surface area (Å²) in [7, 11) is 0. The maximum absolute atomic E-state index is 13.3. The van der Waals surface area contributed by atoms with Gasteiger partial charge < -0.3 is 26.3 Å². The lowest BCUT2D eigenvalue weighted by atomic mass is 9.98. The van der Waals surface area contributed by atoms with Crippen LogP contribution in [0.25, 0.3) is 22.0 Å². The van der Waals surface area contributed by atoms with E-state index in [1.54, 1.807) is 6.07 Å². The second-order valence-corrected chi connectivity index (χ2v) is 8.74. The van der Waals surface area contributed by atoms with Gasteiger partial charge in [-0.15, -0.1) is 0 Å². The van der Waals surface area contributed by atoms with Crippen LogP contribution in [0.15, 0.2) is 53.5 Å². The van der Waals surface area contributed by atoms with Crippen molar-refractivity contribution in [3.63, 3.8) is 0 Å². The van der Waals surface area contributed by atoms with Crippen molar-refractivity contribution in [1.82, 2.24) is 14.9 Å². The molecule has 0 radical (unpaired) electrons. The van der Waals surface area contributed by atoms with Crippen LogP contribution in [0.5, 0.6) is 0 Å². The van der Waals surface area contributed by atoms with E-state index in [4.69, 9.17) is 11.5 Å². The summed E-state index contributed by atoms with van der Waals surface area (Å²) in [4.78, 5) is 28.5. The number of hydrogen-bond acceptors (Lipinski definition) is 4. The van der Waals surface area contributed by atoms with E-state index in [2.05, 4.69) is 34.8 Å². The summed E-state index contributed by atoms with van der Waals surface area (Å²) in [5.74, 6) is -0.244. The van der Waals surface area contributed by atoms with E-state index >= 15 is 0 Å². The zero-order valence-corrected chi connectivity index (χ0v) is 19.3. The van der Waals surface area contributed by atoms with Gasteiger partial charge in [-0.1, -0.05) is 6.07 Å². The zero-order valence-electron chi connectivity index (χ0n) is 19.3. The standard InChI is InChI=1S/C26H29N5O2/c1-14(2)31-8-7-19-20(25(32)29-13-21-15(3)9-16(4)30-26(21)33)10-18(12-24(19)31)17-5-6-22(27)23(28)11-17/h5-12,14H,13,27-28H2,1-4H3,(H,29,32)(H,30,33). The molecular weight excluding hydrogens is 414 g/mol. The normalized spacial score (nSPS) is 11.3. The number of nitrogens with two attached hydrogens (primary N) is 2. The Bertz CT molecular complexity index is 1430. The van der Waals surface area contributed by atoms with Gasteiger partial charge >= 0.3 is 0 Å². The van der Waals surface area contributed by atoms with Crippen molar-refractivity contribution in [2.24, 2.45) is 0 Å². The molecule has 0 atom stereocenters. The van der Waals surface area contributed by atoms with Gasteiger partial charge in [0, 0.05) is 46.5 Å². The Hall–Kier alpha value is -4.00. The van der Waals surface area contributed by atoms with Gasteiger partial charge in [0.05, 0.1) is 11.4 Å². The smallest absolute Gasteiger partial charge is 0.253 e. The van der Waals surface area contributed by atoms with Gasteiger partial charge in [0.1, 0.15) is 0 Å². The van der Waals surface area contributed by atoms with Gasteiger partial charge in [-0.3, -0.25) is 9.59 Å². The number of aryl methyl sites for hydroxylation is 2. The molecule has 33 heavy (non-hydrogen) atoms. The highest BCUT2D eigenvalue weighted by atomic mass is 16.1. The van der Waals surface area contributed by atoms with Gasteiger partial charge in [-0.25, -0.2) is 0 Å². The Morgan fingerprint density at radius 1 is 1.03 bits per heavy atom. The van der Waals surface area contributed by atoms with Crippen molar-refractivity contribution in [2.75, 3.05) is 11.5 Å².